The Morgan fingerprint density at radius 3 is 1.12 bits per heavy atom. The van der Waals surface area contributed by atoms with Gasteiger partial charge in [0, 0.05) is 126 Å². The lowest BCUT2D eigenvalue weighted by Crippen LogP contribution is -1.97. The first kappa shape index (κ1) is 64.8. The number of imidazole rings is 4. The van der Waals surface area contributed by atoms with Crippen LogP contribution < -0.4 is 4.74 Å². The molecule has 0 amide bonds. The lowest BCUT2D eigenvalue weighted by atomic mass is 10.2. The molecule has 526 valence electrons. The zero-order valence-electron chi connectivity index (χ0n) is 61.7. The third-order valence-electron chi connectivity index (χ3n) is 22.5. The molecule has 16 aromatic rings. The van der Waals surface area contributed by atoms with Crippen molar-refractivity contribution >= 4 is 45.2 Å². The van der Waals surface area contributed by atoms with E-state index < -0.39 is 0 Å². The Morgan fingerprint density at radius 1 is 0.356 bits per heavy atom. The molecule has 5 fully saturated rings. The van der Waals surface area contributed by atoms with Crippen molar-refractivity contribution in [2.45, 2.75) is 196 Å². The lowest BCUT2D eigenvalue weighted by molar-refractivity contribution is 0.414. The Balaban J connectivity index is 0.0000000988. The second-order valence-electron chi connectivity index (χ2n) is 29.9. The SMILES string of the molecule is COc1ccn2c(C)c(C3CC3c3nc4c(C)ncc(C)n4n3)nc2c1.Cc1ccn2c(C)c(C3CC3c3nc4c(C)ncc(C)n4n3)nc2c1.Cc1ccn2c(C)c(C3CC3c3nc4c(C)ncc(C)n4n3)nc2c1C.Cc1ncc(C)n2nc(C3CC3c3nc4c(C5CC5)cccn4c3C)nc12. The van der Waals surface area contributed by atoms with E-state index >= 15 is 0 Å². The smallest absolute Gasteiger partial charge is 0.177 e. The maximum absolute atomic E-state index is 5.31. The highest BCUT2D eigenvalue weighted by Gasteiger charge is 2.49. The lowest BCUT2D eigenvalue weighted by Gasteiger charge is -2.02. The molecule has 0 N–H and O–H groups in total. The van der Waals surface area contributed by atoms with Crippen molar-refractivity contribution in [2.75, 3.05) is 7.11 Å². The van der Waals surface area contributed by atoms with Crippen molar-refractivity contribution in [3.8, 4) is 5.75 Å². The number of hydrogen-bond donors (Lipinski definition) is 0. The topological polar surface area (TPSA) is 251 Å². The molecule has 0 saturated heterocycles. The van der Waals surface area contributed by atoms with E-state index in [2.05, 4.69) is 135 Å². The molecule has 0 radical (unpaired) electrons. The van der Waals surface area contributed by atoms with Gasteiger partial charge in [0.1, 0.15) is 28.3 Å². The van der Waals surface area contributed by atoms with Crippen molar-refractivity contribution < 1.29 is 4.74 Å². The number of aryl methyl sites for hydroxylation is 15. The molecule has 0 spiro atoms. The number of hydrogen-bond acceptors (Lipinski definition) is 17. The fourth-order valence-corrected chi connectivity index (χ4v) is 15.6. The average molecular weight is 1390 g/mol. The molecule has 8 unspecified atom stereocenters. The van der Waals surface area contributed by atoms with E-state index in [1.807, 2.05) is 117 Å². The van der Waals surface area contributed by atoms with Gasteiger partial charge >= 0.3 is 0 Å². The van der Waals surface area contributed by atoms with Crippen molar-refractivity contribution in [1.29, 1.82) is 0 Å². The third kappa shape index (κ3) is 10.9. The molecule has 25 nitrogen and oxygen atoms in total. The number of fused-ring (bicyclic) bond motifs is 8. The molecule has 0 bridgehead atoms. The quantitative estimate of drug-likeness (QED) is 0.123. The normalized spacial score (nSPS) is 20.2. The number of ether oxygens (including phenoxy) is 1. The average Bonchev–Trinajstić information content (AvgIpc) is 1.60. The van der Waals surface area contributed by atoms with Crippen LogP contribution in [0.5, 0.6) is 5.75 Å². The summed E-state index contributed by atoms with van der Waals surface area (Å²) in [6.45, 7) is 31.0. The highest BCUT2D eigenvalue weighted by molar-refractivity contribution is 5.58. The molecular formula is C79H84N24O. The first-order chi connectivity index (χ1) is 50.2. The van der Waals surface area contributed by atoms with Crippen LogP contribution in [0.2, 0.25) is 0 Å². The van der Waals surface area contributed by atoms with Crippen molar-refractivity contribution in [3.63, 3.8) is 0 Å². The van der Waals surface area contributed by atoms with Gasteiger partial charge in [-0.2, -0.15) is 20.4 Å². The molecule has 5 aliphatic rings. The maximum Gasteiger partial charge on any atom is 0.177 e. The summed E-state index contributed by atoms with van der Waals surface area (Å²) >= 11 is 0. The Morgan fingerprint density at radius 2 is 0.721 bits per heavy atom. The van der Waals surface area contributed by atoms with Gasteiger partial charge in [-0.1, -0.05) is 6.07 Å². The predicted octanol–water partition coefficient (Wildman–Crippen LogP) is 13.7. The predicted molar refractivity (Wildman–Crippen MR) is 394 cm³/mol. The van der Waals surface area contributed by atoms with Crippen LogP contribution in [0.15, 0.2) is 92.0 Å². The van der Waals surface area contributed by atoms with E-state index in [4.69, 9.17) is 65.0 Å². The van der Waals surface area contributed by atoms with Crippen LogP contribution in [0.25, 0.3) is 45.2 Å². The van der Waals surface area contributed by atoms with Crippen LogP contribution in [-0.4, -0.2) is 123 Å². The van der Waals surface area contributed by atoms with Gasteiger partial charge in [-0.25, -0.2) is 57.9 Å². The van der Waals surface area contributed by atoms with E-state index in [1.165, 1.54) is 75.0 Å². The Labute approximate surface area is 600 Å². The van der Waals surface area contributed by atoms with Crippen LogP contribution in [-0.2, 0) is 0 Å². The maximum atomic E-state index is 5.31. The molecule has 8 atom stereocenters. The number of nitrogens with zero attached hydrogens (tertiary/aromatic N) is 24. The van der Waals surface area contributed by atoms with Gasteiger partial charge in [0.2, 0.25) is 0 Å². The summed E-state index contributed by atoms with van der Waals surface area (Å²) in [7, 11) is 1.67. The standard InChI is InChI=1S/C21H22N6.C20H22N6.C19H20N6O.C19H20N6/c1-11-10-22-12(2)20-24-19(25-27(11)20)17-9-16(17)18-13(3)26-8-4-5-15(14-6-7-14)21(26)23-18;1-10-6-7-25-14(5)17(22-19(25)12(10)3)15-8-16(15)18-23-20-13(4)21-9-11(2)26(20)24-18;1-10-9-20-11(2)19-22-18(23-25(10)19)15-8-14(15)17-12(3)24-6-5-13(26-4)7-16(24)21-17;1-10-5-6-24-13(4)17(21-16(24)7-10)14-8-15(14)18-22-19-12(3)20-9-11(2)25(19)23-18/h4-5,8,10,14,16-17H,6-7,9H2,1-3H3;6-7,9,15-16H,8H2,1-5H3;5-7,9,14-15H,8H2,1-4H3;5-7,9,14-15H,8H2,1-4H3. The molecule has 104 heavy (non-hydrogen) atoms. The first-order valence-corrected chi connectivity index (χ1v) is 36.3. The molecule has 21 rings (SSSR count). The zero-order chi connectivity index (χ0) is 71.7. The summed E-state index contributed by atoms with van der Waals surface area (Å²) < 4.78 is 21.7. The largest absolute Gasteiger partial charge is 0.497 e. The van der Waals surface area contributed by atoms with E-state index in [9.17, 15) is 0 Å². The Hall–Kier alpha value is -11.2. The first-order valence-electron chi connectivity index (χ1n) is 36.3. The molecule has 16 aromatic heterocycles. The molecule has 0 aliphatic heterocycles. The van der Waals surface area contributed by atoms with Gasteiger partial charge < -0.3 is 22.3 Å². The van der Waals surface area contributed by atoms with E-state index in [-0.39, 0.29) is 0 Å². The Bertz CT molecular complexity index is 6030. The van der Waals surface area contributed by atoms with Gasteiger partial charge in [-0.3, -0.25) is 19.9 Å². The monoisotopic (exact) mass is 1380 g/mol. The molecular weight excluding hydrogens is 1300 g/mol. The minimum absolute atomic E-state index is 0.319. The number of rotatable bonds is 10. The van der Waals surface area contributed by atoms with Gasteiger partial charge in [-0.05, 0) is 201 Å². The third-order valence-corrected chi connectivity index (χ3v) is 22.5. The summed E-state index contributed by atoms with van der Waals surface area (Å²) in [6.07, 6.45) is 22.6. The van der Waals surface area contributed by atoms with Gasteiger partial charge in [0.05, 0.1) is 75.4 Å². The van der Waals surface area contributed by atoms with Gasteiger partial charge in [0.25, 0.3) is 0 Å². The summed E-state index contributed by atoms with van der Waals surface area (Å²) in [4.78, 5) is 56.5. The molecule has 5 aliphatic carbocycles. The molecule has 16 heterocycles. The molecule has 5 saturated carbocycles. The van der Waals surface area contributed by atoms with Crippen molar-refractivity contribution in [3.05, 3.63) is 229 Å². The van der Waals surface area contributed by atoms with E-state index in [1.54, 1.807) is 7.11 Å². The summed E-state index contributed by atoms with van der Waals surface area (Å²) in [5, 5.41) is 19.0. The van der Waals surface area contributed by atoms with Crippen LogP contribution >= 0.6 is 0 Å². The van der Waals surface area contributed by atoms with Gasteiger partial charge in [-0.15, -0.1) is 0 Å². The van der Waals surface area contributed by atoms with Crippen LogP contribution in [0.4, 0.5) is 0 Å². The Kier molecular flexibility index (Phi) is 15.1. The fourth-order valence-electron chi connectivity index (χ4n) is 15.6. The zero-order valence-corrected chi connectivity index (χ0v) is 61.7. The molecule has 0 aromatic carbocycles. The number of aromatic nitrogens is 24. The summed E-state index contributed by atoms with van der Waals surface area (Å²) in [5.41, 5.74) is 30.1. The molecule has 25 heteroatoms. The second-order valence-corrected chi connectivity index (χ2v) is 29.9. The summed E-state index contributed by atoms with van der Waals surface area (Å²) in [5.74, 6) is 8.15. The highest BCUT2D eigenvalue weighted by atomic mass is 16.5. The van der Waals surface area contributed by atoms with Crippen molar-refractivity contribution in [1.82, 2.24) is 116 Å². The van der Waals surface area contributed by atoms with E-state index in [0.29, 0.717) is 53.3 Å². The fraction of sp³-hybridized carbons (Fsp3) is 0.392. The minimum Gasteiger partial charge on any atom is -0.497 e. The van der Waals surface area contributed by atoms with E-state index in [0.717, 1.165) is 151 Å². The van der Waals surface area contributed by atoms with Crippen molar-refractivity contribution in [2.24, 2.45) is 0 Å². The van der Waals surface area contributed by atoms with Crippen LogP contribution in [0.1, 0.15) is 228 Å². The summed E-state index contributed by atoms with van der Waals surface area (Å²) in [6, 6.07) is 14.7. The highest BCUT2D eigenvalue weighted by Crippen LogP contribution is 2.58. The van der Waals surface area contributed by atoms with Gasteiger partial charge in [0.15, 0.2) is 45.9 Å². The minimum atomic E-state index is 0.319. The van der Waals surface area contributed by atoms with Crippen LogP contribution in [0.3, 0.4) is 0 Å². The van der Waals surface area contributed by atoms with Crippen LogP contribution in [0, 0.1) is 104 Å². The number of methoxy groups -OCH3 is 1. The second kappa shape index (κ2) is 24.2. The number of pyridine rings is 4.